The van der Waals surface area contributed by atoms with Crippen LogP contribution in [0.3, 0.4) is 0 Å². The second-order valence-electron chi connectivity index (χ2n) is 6.02. The standard InChI is InChI=1S/C16H23NO2/c18-10-13-3-1-2-12(13)9-17-16-7-4-11-8-14(19)5-6-15(11)16/h5-6,8,12-13,16-19H,1-4,7,9-10H2. The zero-order chi connectivity index (χ0) is 13.2. The summed E-state index contributed by atoms with van der Waals surface area (Å²) < 4.78 is 0. The van der Waals surface area contributed by atoms with Crippen molar-refractivity contribution in [3.63, 3.8) is 0 Å². The molecule has 0 spiro atoms. The zero-order valence-electron chi connectivity index (χ0n) is 11.3. The van der Waals surface area contributed by atoms with Gasteiger partial charge in [-0.25, -0.2) is 0 Å². The van der Waals surface area contributed by atoms with Gasteiger partial charge in [-0.3, -0.25) is 0 Å². The normalized spacial score (nSPS) is 29.6. The summed E-state index contributed by atoms with van der Waals surface area (Å²) in [5.74, 6) is 1.50. The van der Waals surface area contributed by atoms with Crippen LogP contribution in [0.1, 0.15) is 42.9 Å². The van der Waals surface area contributed by atoms with E-state index in [-0.39, 0.29) is 0 Å². The quantitative estimate of drug-likeness (QED) is 0.780. The minimum absolute atomic E-state index is 0.335. The van der Waals surface area contributed by atoms with E-state index in [9.17, 15) is 10.2 Å². The fourth-order valence-electron chi connectivity index (χ4n) is 3.73. The molecular weight excluding hydrogens is 238 g/mol. The molecule has 1 aromatic carbocycles. The van der Waals surface area contributed by atoms with Gasteiger partial charge in [0.1, 0.15) is 5.75 Å². The van der Waals surface area contributed by atoms with Crippen LogP contribution in [0.15, 0.2) is 18.2 Å². The summed E-state index contributed by atoms with van der Waals surface area (Å²) in [6.45, 7) is 1.34. The Labute approximate surface area is 114 Å². The van der Waals surface area contributed by atoms with Gasteiger partial charge in [-0.2, -0.15) is 0 Å². The molecule has 0 heterocycles. The van der Waals surface area contributed by atoms with E-state index in [1.165, 1.54) is 30.4 Å². The molecule has 19 heavy (non-hydrogen) atoms. The fraction of sp³-hybridized carbons (Fsp3) is 0.625. The van der Waals surface area contributed by atoms with E-state index in [2.05, 4.69) is 5.32 Å². The van der Waals surface area contributed by atoms with Crippen LogP contribution in [0.25, 0.3) is 0 Å². The number of rotatable bonds is 4. The van der Waals surface area contributed by atoms with Crippen molar-refractivity contribution >= 4 is 0 Å². The van der Waals surface area contributed by atoms with Crippen LogP contribution < -0.4 is 5.32 Å². The Morgan fingerprint density at radius 3 is 2.84 bits per heavy atom. The highest BCUT2D eigenvalue weighted by Gasteiger charge is 2.28. The Bertz CT molecular complexity index is 446. The maximum atomic E-state index is 9.50. The van der Waals surface area contributed by atoms with Crippen LogP contribution in [0.5, 0.6) is 5.75 Å². The van der Waals surface area contributed by atoms with E-state index < -0.39 is 0 Å². The van der Waals surface area contributed by atoms with Gasteiger partial charge >= 0.3 is 0 Å². The van der Waals surface area contributed by atoms with Crippen molar-refractivity contribution in [1.29, 1.82) is 0 Å². The van der Waals surface area contributed by atoms with Gasteiger partial charge in [-0.05, 0) is 67.3 Å². The number of nitrogens with one attached hydrogen (secondary N) is 1. The summed E-state index contributed by atoms with van der Waals surface area (Å²) in [4.78, 5) is 0. The predicted molar refractivity (Wildman–Crippen MR) is 75.1 cm³/mol. The summed E-state index contributed by atoms with van der Waals surface area (Å²) in [5, 5.41) is 22.5. The molecule has 0 saturated heterocycles. The first kappa shape index (κ1) is 12.9. The molecule has 2 aliphatic rings. The van der Waals surface area contributed by atoms with E-state index >= 15 is 0 Å². The molecule has 0 aliphatic heterocycles. The minimum atomic E-state index is 0.335. The number of aromatic hydroxyl groups is 1. The minimum Gasteiger partial charge on any atom is -0.508 e. The van der Waals surface area contributed by atoms with Crippen molar-refractivity contribution in [2.45, 2.75) is 38.1 Å². The van der Waals surface area contributed by atoms with Crippen molar-refractivity contribution in [3.8, 4) is 5.75 Å². The Morgan fingerprint density at radius 2 is 2.00 bits per heavy atom. The van der Waals surface area contributed by atoms with E-state index in [1.807, 2.05) is 12.1 Å². The van der Waals surface area contributed by atoms with Gasteiger partial charge in [0.05, 0.1) is 0 Å². The molecule has 1 saturated carbocycles. The molecule has 0 radical (unpaired) electrons. The highest BCUT2D eigenvalue weighted by Crippen LogP contribution is 2.35. The Hall–Kier alpha value is -1.06. The summed E-state index contributed by atoms with van der Waals surface area (Å²) in [7, 11) is 0. The number of hydrogen-bond acceptors (Lipinski definition) is 3. The van der Waals surface area contributed by atoms with Gasteiger partial charge in [-0.15, -0.1) is 0 Å². The number of benzene rings is 1. The maximum absolute atomic E-state index is 9.50. The zero-order valence-corrected chi connectivity index (χ0v) is 11.3. The molecule has 1 fully saturated rings. The lowest BCUT2D eigenvalue weighted by Crippen LogP contribution is -2.29. The smallest absolute Gasteiger partial charge is 0.115 e. The second kappa shape index (κ2) is 5.51. The molecule has 104 valence electrons. The Balaban J connectivity index is 1.61. The average molecular weight is 261 g/mol. The molecule has 0 aromatic heterocycles. The third kappa shape index (κ3) is 2.63. The SMILES string of the molecule is OCC1CCCC1CNC1CCc2cc(O)ccc21. The van der Waals surface area contributed by atoms with E-state index in [0.29, 0.717) is 30.2 Å². The number of fused-ring (bicyclic) bond motifs is 1. The van der Waals surface area contributed by atoms with E-state index in [1.54, 1.807) is 6.07 Å². The van der Waals surface area contributed by atoms with Crippen LogP contribution in [-0.2, 0) is 6.42 Å². The largest absolute Gasteiger partial charge is 0.508 e. The van der Waals surface area contributed by atoms with E-state index in [0.717, 1.165) is 19.4 Å². The fourth-order valence-corrected chi connectivity index (χ4v) is 3.73. The van der Waals surface area contributed by atoms with Crippen molar-refractivity contribution in [2.24, 2.45) is 11.8 Å². The Kier molecular flexibility index (Phi) is 3.76. The highest BCUT2D eigenvalue weighted by atomic mass is 16.3. The first-order chi connectivity index (χ1) is 9.28. The molecule has 2 aliphatic carbocycles. The monoisotopic (exact) mass is 261 g/mol. The molecule has 0 amide bonds. The summed E-state index contributed by atoms with van der Waals surface area (Å²) in [5.41, 5.74) is 2.62. The summed E-state index contributed by atoms with van der Waals surface area (Å²) in [6, 6.07) is 6.15. The van der Waals surface area contributed by atoms with Crippen molar-refractivity contribution < 1.29 is 10.2 Å². The van der Waals surface area contributed by atoms with Gasteiger partial charge in [0.25, 0.3) is 0 Å². The first-order valence-corrected chi connectivity index (χ1v) is 7.44. The number of aliphatic hydroxyl groups excluding tert-OH is 1. The molecule has 3 heteroatoms. The summed E-state index contributed by atoms with van der Waals surface area (Å²) >= 11 is 0. The van der Waals surface area contributed by atoms with Crippen molar-refractivity contribution in [1.82, 2.24) is 5.32 Å². The molecule has 3 atom stereocenters. The third-order valence-electron chi connectivity index (χ3n) is 4.88. The lowest BCUT2D eigenvalue weighted by molar-refractivity contribution is 0.190. The van der Waals surface area contributed by atoms with Crippen LogP contribution in [0, 0.1) is 11.8 Å². The van der Waals surface area contributed by atoms with Crippen molar-refractivity contribution in [3.05, 3.63) is 29.3 Å². The molecule has 3 nitrogen and oxygen atoms in total. The average Bonchev–Trinajstić information content (AvgIpc) is 3.01. The number of aliphatic hydroxyl groups is 1. The molecule has 3 rings (SSSR count). The molecule has 3 unspecified atom stereocenters. The van der Waals surface area contributed by atoms with Gasteiger partial charge in [-0.1, -0.05) is 12.5 Å². The predicted octanol–water partition coefficient (Wildman–Crippen LogP) is 2.38. The van der Waals surface area contributed by atoms with Crippen LogP contribution in [-0.4, -0.2) is 23.4 Å². The van der Waals surface area contributed by atoms with Crippen LogP contribution >= 0.6 is 0 Å². The van der Waals surface area contributed by atoms with Crippen LogP contribution in [0.4, 0.5) is 0 Å². The highest BCUT2D eigenvalue weighted by molar-refractivity contribution is 5.40. The second-order valence-corrected chi connectivity index (χ2v) is 6.02. The van der Waals surface area contributed by atoms with Gasteiger partial charge in [0, 0.05) is 12.6 Å². The molecule has 1 aromatic rings. The lowest BCUT2D eigenvalue weighted by atomic mass is 9.96. The number of phenolic OH excluding ortho intramolecular Hbond substituents is 1. The number of aryl methyl sites for hydroxylation is 1. The van der Waals surface area contributed by atoms with E-state index in [4.69, 9.17) is 0 Å². The van der Waals surface area contributed by atoms with Crippen molar-refractivity contribution in [2.75, 3.05) is 13.2 Å². The van der Waals surface area contributed by atoms with Gasteiger partial charge < -0.3 is 15.5 Å². The van der Waals surface area contributed by atoms with Gasteiger partial charge in [0.2, 0.25) is 0 Å². The molecule has 0 bridgehead atoms. The number of hydrogen-bond donors (Lipinski definition) is 3. The molecule has 3 N–H and O–H groups in total. The molecular formula is C16H23NO2. The topological polar surface area (TPSA) is 52.5 Å². The van der Waals surface area contributed by atoms with Crippen LogP contribution in [0.2, 0.25) is 0 Å². The maximum Gasteiger partial charge on any atom is 0.115 e. The lowest BCUT2D eigenvalue weighted by Gasteiger charge is -2.21. The first-order valence-electron chi connectivity index (χ1n) is 7.44. The third-order valence-corrected chi connectivity index (χ3v) is 4.88. The summed E-state index contributed by atoms with van der Waals surface area (Å²) in [6.07, 6.45) is 5.85. The van der Waals surface area contributed by atoms with Gasteiger partial charge in [0.15, 0.2) is 0 Å². The number of phenols is 1. The Morgan fingerprint density at radius 1 is 1.16 bits per heavy atom.